The molecule has 2 aromatic carbocycles. The summed E-state index contributed by atoms with van der Waals surface area (Å²) in [4.78, 5) is 14.6. The van der Waals surface area contributed by atoms with Crippen LogP contribution < -0.4 is 5.32 Å². The molecule has 5 nitrogen and oxygen atoms in total. The molecule has 3 aromatic rings. The summed E-state index contributed by atoms with van der Waals surface area (Å²) in [6.07, 6.45) is 2.01. The first-order valence-electron chi connectivity index (χ1n) is 9.56. The van der Waals surface area contributed by atoms with Crippen LogP contribution in [0.25, 0.3) is 22.4 Å². The van der Waals surface area contributed by atoms with Crippen LogP contribution >= 0.6 is 0 Å². The van der Waals surface area contributed by atoms with E-state index in [0.717, 1.165) is 28.9 Å². The third-order valence-corrected chi connectivity index (χ3v) is 4.62. The molecule has 0 saturated carbocycles. The van der Waals surface area contributed by atoms with E-state index in [0.29, 0.717) is 18.0 Å². The molecule has 0 radical (unpaired) electrons. The van der Waals surface area contributed by atoms with E-state index in [1.165, 1.54) is 0 Å². The molecule has 146 valence electrons. The quantitative estimate of drug-likeness (QED) is 0.684. The normalized spacial score (nSPS) is 12.2. The summed E-state index contributed by atoms with van der Waals surface area (Å²) < 4.78 is 1.82. The molecule has 1 heterocycles. The fraction of sp³-hybridized carbons (Fsp3) is 0.304. The third-order valence-electron chi connectivity index (χ3n) is 4.62. The summed E-state index contributed by atoms with van der Waals surface area (Å²) in [5.74, 6) is 0.369. The van der Waals surface area contributed by atoms with Gasteiger partial charge in [0, 0.05) is 43.0 Å². The van der Waals surface area contributed by atoms with E-state index in [-0.39, 0.29) is 5.91 Å². The number of aryl methyl sites for hydroxylation is 1. The Morgan fingerprint density at radius 1 is 1.07 bits per heavy atom. The minimum Gasteiger partial charge on any atom is -0.352 e. The molecule has 1 aromatic heterocycles. The van der Waals surface area contributed by atoms with Crippen LogP contribution in [0.5, 0.6) is 0 Å². The monoisotopic (exact) mass is 376 g/mol. The summed E-state index contributed by atoms with van der Waals surface area (Å²) in [5.41, 5.74) is 4.79. The van der Waals surface area contributed by atoms with E-state index in [2.05, 4.69) is 34.4 Å². The van der Waals surface area contributed by atoms with E-state index >= 15 is 0 Å². The molecule has 1 atom stereocenters. The van der Waals surface area contributed by atoms with Crippen LogP contribution in [0.3, 0.4) is 0 Å². The minimum atomic E-state index is -0.0355. The van der Waals surface area contributed by atoms with Crippen molar-refractivity contribution >= 4 is 5.91 Å². The second-order valence-corrected chi connectivity index (χ2v) is 7.59. The Labute approximate surface area is 167 Å². The fourth-order valence-corrected chi connectivity index (χ4v) is 3.37. The Balaban J connectivity index is 1.74. The molecule has 28 heavy (non-hydrogen) atoms. The Bertz CT molecular complexity index is 914. The number of hydrogen-bond acceptors (Lipinski definition) is 3. The third kappa shape index (κ3) is 4.87. The van der Waals surface area contributed by atoms with Crippen molar-refractivity contribution in [3.8, 4) is 22.4 Å². The van der Waals surface area contributed by atoms with E-state index in [1.54, 1.807) is 0 Å². The molecule has 0 aliphatic heterocycles. The van der Waals surface area contributed by atoms with Gasteiger partial charge in [0.15, 0.2) is 0 Å². The number of nitrogens with one attached hydrogen (secondary N) is 1. The Morgan fingerprint density at radius 2 is 1.75 bits per heavy atom. The first-order chi connectivity index (χ1) is 13.4. The van der Waals surface area contributed by atoms with Crippen LogP contribution in [-0.2, 0) is 7.05 Å². The van der Waals surface area contributed by atoms with Gasteiger partial charge in [-0.3, -0.25) is 9.48 Å². The highest BCUT2D eigenvalue weighted by Crippen LogP contribution is 2.30. The molecule has 0 aliphatic rings. The van der Waals surface area contributed by atoms with Crippen molar-refractivity contribution in [1.82, 2.24) is 20.0 Å². The molecule has 1 amide bonds. The zero-order chi connectivity index (χ0) is 20.1. The Morgan fingerprint density at radius 3 is 2.39 bits per heavy atom. The van der Waals surface area contributed by atoms with Crippen LogP contribution in [0, 0.1) is 5.92 Å². The lowest BCUT2D eigenvalue weighted by molar-refractivity contribution is 0.0946. The molecule has 0 fully saturated rings. The largest absolute Gasteiger partial charge is 0.352 e. The average Bonchev–Trinajstić information content (AvgIpc) is 3.08. The van der Waals surface area contributed by atoms with Crippen LogP contribution in [0.4, 0.5) is 0 Å². The maximum Gasteiger partial charge on any atom is 0.251 e. The zero-order valence-corrected chi connectivity index (χ0v) is 17.0. The number of hydrogen-bond donors (Lipinski definition) is 1. The molecule has 5 heteroatoms. The molecule has 3 rings (SSSR count). The first-order valence-corrected chi connectivity index (χ1v) is 9.56. The highest BCUT2D eigenvalue weighted by Gasteiger charge is 2.13. The maximum absolute atomic E-state index is 12.4. The number of carbonyl (C=O) groups is 1. The maximum atomic E-state index is 12.4. The van der Waals surface area contributed by atoms with Gasteiger partial charge in [0.25, 0.3) is 5.91 Å². The highest BCUT2D eigenvalue weighted by molar-refractivity contribution is 5.95. The van der Waals surface area contributed by atoms with Gasteiger partial charge in [0.2, 0.25) is 0 Å². The number of nitrogens with zero attached hydrogens (tertiary/aromatic N) is 3. The van der Waals surface area contributed by atoms with Gasteiger partial charge < -0.3 is 10.2 Å². The van der Waals surface area contributed by atoms with Gasteiger partial charge in [-0.05, 0) is 37.7 Å². The van der Waals surface area contributed by atoms with Crippen LogP contribution in [-0.4, -0.2) is 47.8 Å². The van der Waals surface area contributed by atoms with Gasteiger partial charge in [-0.15, -0.1) is 0 Å². The summed E-state index contributed by atoms with van der Waals surface area (Å²) >= 11 is 0. The summed E-state index contributed by atoms with van der Waals surface area (Å²) in [5, 5.41) is 7.64. The fourth-order valence-electron chi connectivity index (χ4n) is 3.37. The number of rotatable bonds is 7. The molecule has 1 N–H and O–H groups in total. The zero-order valence-electron chi connectivity index (χ0n) is 17.0. The predicted octanol–water partition coefficient (Wildman–Crippen LogP) is 3.68. The Hall–Kier alpha value is -2.92. The SMILES string of the molecule is C[C@@H](CNC(=O)c1ccc(-c2cn(C)nc2-c2ccccc2)cc1)CN(C)C. The highest BCUT2D eigenvalue weighted by atomic mass is 16.1. The van der Waals surface area contributed by atoms with Gasteiger partial charge in [-0.25, -0.2) is 0 Å². The van der Waals surface area contributed by atoms with E-state index < -0.39 is 0 Å². The lowest BCUT2D eigenvalue weighted by Crippen LogP contribution is -2.32. The van der Waals surface area contributed by atoms with E-state index in [4.69, 9.17) is 0 Å². The molecular weight excluding hydrogens is 348 g/mol. The second-order valence-electron chi connectivity index (χ2n) is 7.59. The van der Waals surface area contributed by atoms with Crippen molar-refractivity contribution < 1.29 is 4.79 Å². The second kappa shape index (κ2) is 8.85. The van der Waals surface area contributed by atoms with Gasteiger partial charge in [0.05, 0.1) is 0 Å². The summed E-state index contributed by atoms with van der Waals surface area (Å²) in [6, 6.07) is 17.9. The van der Waals surface area contributed by atoms with Gasteiger partial charge in [0.1, 0.15) is 5.69 Å². The van der Waals surface area contributed by atoms with Gasteiger partial charge in [-0.2, -0.15) is 5.10 Å². The predicted molar refractivity (Wildman–Crippen MR) is 114 cm³/mol. The molecule has 0 unspecified atom stereocenters. The van der Waals surface area contributed by atoms with Crippen LogP contribution in [0.2, 0.25) is 0 Å². The number of amides is 1. The van der Waals surface area contributed by atoms with Crippen molar-refractivity contribution in [1.29, 1.82) is 0 Å². The minimum absolute atomic E-state index is 0.0355. The van der Waals surface area contributed by atoms with E-state index in [1.807, 2.05) is 74.5 Å². The van der Waals surface area contributed by atoms with Crippen molar-refractivity contribution in [2.45, 2.75) is 6.92 Å². The molecule has 0 bridgehead atoms. The standard InChI is InChI=1S/C23H28N4O/c1-17(15-26(2)3)14-24-23(28)20-12-10-18(11-13-20)21-16-27(4)25-22(21)19-8-6-5-7-9-19/h5-13,16-17H,14-15H2,1-4H3,(H,24,28)/t17-/m0/s1. The molecule has 0 aliphatic carbocycles. The summed E-state index contributed by atoms with van der Waals surface area (Å²) in [7, 11) is 6.00. The molecule has 0 saturated heterocycles. The van der Waals surface area contributed by atoms with Crippen molar-refractivity contribution in [2.75, 3.05) is 27.2 Å². The van der Waals surface area contributed by atoms with Crippen molar-refractivity contribution in [3.63, 3.8) is 0 Å². The Kier molecular flexibility index (Phi) is 6.26. The number of aromatic nitrogens is 2. The topological polar surface area (TPSA) is 50.2 Å². The van der Waals surface area contributed by atoms with Crippen LogP contribution in [0.15, 0.2) is 60.8 Å². The van der Waals surface area contributed by atoms with Crippen molar-refractivity contribution in [2.24, 2.45) is 13.0 Å². The molecular formula is C23H28N4O. The lowest BCUT2D eigenvalue weighted by Gasteiger charge is -2.17. The van der Waals surface area contributed by atoms with E-state index in [9.17, 15) is 4.79 Å². The van der Waals surface area contributed by atoms with Crippen LogP contribution in [0.1, 0.15) is 17.3 Å². The number of carbonyl (C=O) groups excluding carboxylic acids is 1. The first kappa shape index (κ1) is 19.8. The van der Waals surface area contributed by atoms with Gasteiger partial charge in [-0.1, -0.05) is 49.4 Å². The van der Waals surface area contributed by atoms with Crippen molar-refractivity contribution in [3.05, 3.63) is 66.4 Å². The number of benzene rings is 2. The molecule has 0 spiro atoms. The van der Waals surface area contributed by atoms with Gasteiger partial charge >= 0.3 is 0 Å². The summed E-state index contributed by atoms with van der Waals surface area (Å²) in [6.45, 7) is 3.75. The average molecular weight is 377 g/mol. The smallest absolute Gasteiger partial charge is 0.251 e. The lowest BCUT2D eigenvalue weighted by atomic mass is 10.0.